The molecule has 1 aromatic carbocycles. The third kappa shape index (κ3) is 2.41. The highest BCUT2D eigenvalue weighted by Gasteiger charge is 2.26. The first-order valence-corrected chi connectivity index (χ1v) is 6.12. The van der Waals surface area contributed by atoms with Crippen LogP contribution in [0.15, 0.2) is 6.07 Å². The van der Waals surface area contributed by atoms with Gasteiger partial charge in [0.25, 0.3) is 0 Å². The van der Waals surface area contributed by atoms with Crippen LogP contribution in [0.4, 0.5) is 13.2 Å². The molecule has 1 aromatic rings. The summed E-state index contributed by atoms with van der Waals surface area (Å²) in [6, 6.07) is 0.536. The van der Waals surface area contributed by atoms with Gasteiger partial charge in [0.1, 0.15) is 6.10 Å². The van der Waals surface area contributed by atoms with Crippen LogP contribution in [0.3, 0.4) is 0 Å². The molecule has 0 aliphatic heterocycles. The van der Waals surface area contributed by atoms with E-state index in [1.54, 1.807) is 0 Å². The second-order valence-corrected chi connectivity index (χ2v) is 4.88. The van der Waals surface area contributed by atoms with Crippen molar-refractivity contribution < 1.29 is 22.7 Å². The molecule has 0 amide bonds. The molecule has 0 atom stereocenters. The van der Waals surface area contributed by atoms with Crippen molar-refractivity contribution >= 4 is 28.6 Å². The number of carbonyl (C=O) groups excluding carboxylic acids is 1. The molecular weight excluding hydrogens is 348 g/mol. The van der Waals surface area contributed by atoms with E-state index in [9.17, 15) is 18.0 Å². The highest BCUT2D eigenvalue weighted by atomic mass is 127. The first-order chi connectivity index (χ1) is 8.00. The number of rotatable bonds is 2. The van der Waals surface area contributed by atoms with E-state index in [1.165, 1.54) is 22.6 Å². The van der Waals surface area contributed by atoms with E-state index >= 15 is 0 Å². The van der Waals surface area contributed by atoms with Crippen LogP contribution in [0.2, 0.25) is 0 Å². The van der Waals surface area contributed by atoms with Gasteiger partial charge in [-0.1, -0.05) is 0 Å². The maximum absolute atomic E-state index is 13.6. The lowest BCUT2D eigenvalue weighted by Gasteiger charge is -2.25. The van der Waals surface area contributed by atoms with Gasteiger partial charge in [0.05, 0.1) is 9.13 Å². The molecule has 1 saturated carbocycles. The average molecular weight is 356 g/mol. The molecule has 0 saturated heterocycles. The number of benzene rings is 1. The zero-order valence-electron chi connectivity index (χ0n) is 8.60. The van der Waals surface area contributed by atoms with Gasteiger partial charge in [-0.3, -0.25) is 0 Å². The van der Waals surface area contributed by atoms with Crippen LogP contribution >= 0.6 is 22.6 Å². The molecule has 92 valence electrons. The Bertz CT molecular complexity index is 472. The summed E-state index contributed by atoms with van der Waals surface area (Å²) in [6.45, 7) is 0. The van der Waals surface area contributed by atoms with Gasteiger partial charge in [0.15, 0.2) is 17.5 Å². The summed E-state index contributed by atoms with van der Waals surface area (Å²) in [7, 11) is 0. The fraction of sp³-hybridized carbons (Fsp3) is 0.364. The fourth-order valence-electron chi connectivity index (χ4n) is 1.42. The lowest BCUT2D eigenvalue weighted by molar-refractivity contribution is 0.00844. The molecule has 1 aliphatic rings. The first-order valence-electron chi connectivity index (χ1n) is 5.04. The van der Waals surface area contributed by atoms with Crippen LogP contribution in [-0.4, -0.2) is 12.1 Å². The summed E-state index contributed by atoms with van der Waals surface area (Å²) < 4.78 is 44.0. The van der Waals surface area contributed by atoms with Crippen molar-refractivity contribution in [2.75, 3.05) is 0 Å². The zero-order chi connectivity index (χ0) is 12.6. The van der Waals surface area contributed by atoms with Gasteiger partial charge in [0, 0.05) is 0 Å². The largest absolute Gasteiger partial charge is 0.459 e. The van der Waals surface area contributed by atoms with E-state index < -0.39 is 32.6 Å². The molecule has 0 bridgehead atoms. The fourth-order valence-corrected chi connectivity index (χ4v) is 1.97. The number of hydrogen-bond acceptors (Lipinski definition) is 2. The maximum atomic E-state index is 13.6. The Balaban J connectivity index is 2.28. The molecule has 2 rings (SSSR count). The molecule has 1 aliphatic carbocycles. The number of ether oxygens (including phenoxy) is 1. The summed E-state index contributed by atoms with van der Waals surface area (Å²) >= 11 is 1.31. The Labute approximate surface area is 109 Å². The molecule has 0 N–H and O–H groups in total. The number of hydrogen-bond donors (Lipinski definition) is 0. The van der Waals surface area contributed by atoms with Crippen LogP contribution in [-0.2, 0) is 4.74 Å². The standard InChI is InChI=1S/C11H8F3IO2/c12-7-4-6(8(13)10(15)9(7)14)11(16)17-5-2-1-3-5/h4-5H,1-3H2. The lowest BCUT2D eigenvalue weighted by atomic mass is 9.96. The smallest absolute Gasteiger partial charge is 0.341 e. The Morgan fingerprint density at radius 1 is 1.29 bits per heavy atom. The Kier molecular flexibility index (Phi) is 3.60. The predicted molar refractivity (Wildman–Crippen MR) is 62.1 cm³/mol. The highest BCUT2D eigenvalue weighted by molar-refractivity contribution is 14.1. The van der Waals surface area contributed by atoms with Gasteiger partial charge in [-0.05, 0) is 47.9 Å². The SMILES string of the molecule is O=C(OC1CCC1)c1cc(F)c(F)c(I)c1F. The van der Waals surface area contributed by atoms with Crippen LogP contribution in [0.5, 0.6) is 0 Å². The average Bonchev–Trinajstić information content (AvgIpc) is 2.25. The minimum absolute atomic E-state index is 0.229. The molecule has 0 aromatic heterocycles. The zero-order valence-corrected chi connectivity index (χ0v) is 10.8. The molecule has 6 heteroatoms. The third-order valence-electron chi connectivity index (χ3n) is 2.65. The molecule has 0 spiro atoms. The van der Waals surface area contributed by atoms with Crippen molar-refractivity contribution in [3.8, 4) is 0 Å². The van der Waals surface area contributed by atoms with Gasteiger partial charge >= 0.3 is 5.97 Å². The Morgan fingerprint density at radius 2 is 1.94 bits per heavy atom. The van der Waals surface area contributed by atoms with Gasteiger partial charge < -0.3 is 4.74 Å². The van der Waals surface area contributed by atoms with Crippen LogP contribution < -0.4 is 0 Å². The second kappa shape index (κ2) is 4.83. The third-order valence-corrected chi connectivity index (χ3v) is 3.60. The van der Waals surface area contributed by atoms with E-state index in [-0.39, 0.29) is 6.10 Å². The Morgan fingerprint density at radius 3 is 2.47 bits per heavy atom. The minimum Gasteiger partial charge on any atom is -0.459 e. The van der Waals surface area contributed by atoms with Crippen LogP contribution in [0.25, 0.3) is 0 Å². The number of halogens is 4. The molecule has 17 heavy (non-hydrogen) atoms. The van der Waals surface area contributed by atoms with E-state index in [2.05, 4.69) is 0 Å². The van der Waals surface area contributed by atoms with E-state index in [4.69, 9.17) is 4.74 Å². The summed E-state index contributed by atoms with van der Waals surface area (Å²) in [4.78, 5) is 11.5. The van der Waals surface area contributed by atoms with Crippen molar-refractivity contribution in [2.45, 2.75) is 25.4 Å². The van der Waals surface area contributed by atoms with Gasteiger partial charge in [-0.15, -0.1) is 0 Å². The van der Waals surface area contributed by atoms with Crippen LogP contribution in [0.1, 0.15) is 29.6 Å². The molecule has 0 radical (unpaired) electrons. The molecule has 1 fully saturated rings. The van der Waals surface area contributed by atoms with Gasteiger partial charge in [-0.25, -0.2) is 18.0 Å². The normalized spacial score (nSPS) is 15.5. The summed E-state index contributed by atoms with van der Waals surface area (Å²) in [5.41, 5.74) is -0.555. The van der Waals surface area contributed by atoms with E-state index in [0.29, 0.717) is 6.07 Å². The van der Waals surface area contributed by atoms with E-state index in [0.717, 1.165) is 19.3 Å². The topological polar surface area (TPSA) is 26.3 Å². The van der Waals surface area contributed by atoms with Crippen molar-refractivity contribution in [3.63, 3.8) is 0 Å². The Hall–Kier alpha value is -0.790. The monoisotopic (exact) mass is 356 g/mol. The summed E-state index contributed by atoms with van der Waals surface area (Å²) in [6.07, 6.45) is 2.19. The molecule has 2 nitrogen and oxygen atoms in total. The quantitative estimate of drug-likeness (QED) is 0.351. The van der Waals surface area contributed by atoms with Crippen molar-refractivity contribution in [2.24, 2.45) is 0 Å². The van der Waals surface area contributed by atoms with Crippen molar-refractivity contribution in [1.29, 1.82) is 0 Å². The summed E-state index contributed by atoms with van der Waals surface area (Å²) in [5.74, 6) is -4.56. The first kappa shape index (κ1) is 12.7. The van der Waals surface area contributed by atoms with Crippen molar-refractivity contribution in [1.82, 2.24) is 0 Å². The molecule has 0 unspecified atom stereocenters. The maximum Gasteiger partial charge on any atom is 0.341 e. The van der Waals surface area contributed by atoms with Gasteiger partial charge in [-0.2, -0.15) is 0 Å². The minimum atomic E-state index is -1.29. The second-order valence-electron chi connectivity index (χ2n) is 3.81. The number of carbonyl (C=O) groups is 1. The lowest BCUT2D eigenvalue weighted by Crippen LogP contribution is -2.25. The van der Waals surface area contributed by atoms with Gasteiger partial charge in [0.2, 0.25) is 0 Å². The highest BCUT2D eigenvalue weighted by Crippen LogP contribution is 2.26. The number of esters is 1. The van der Waals surface area contributed by atoms with E-state index in [1.807, 2.05) is 0 Å². The summed E-state index contributed by atoms with van der Waals surface area (Å²) in [5, 5.41) is 0. The van der Waals surface area contributed by atoms with Crippen LogP contribution in [0, 0.1) is 21.0 Å². The molecular formula is C11H8F3IO2. The van der Waals surface area contributed by atoms with Crippen molar-refractivity contribution in [3.05, 3.63) is 32.7 Å². The predicted octanol–water partition coefficient (Wildman–Crippen LogP) is 3.42. The molecule has 0 heterocycles.